The summed E-state index contributed by atoms with van der Waals surface area (Å²) in [6, 6.07) is 8.43. The third-order valence-electron chi connectivity index (χ3n) is 2.88. The molecule has 74 valence electrons. The number of ketones is 1. The van der Waals surface area contributed by atoms with E-state index in [1.54, 1.807) is 0 Å². The Bertz CT molecular complexity index is 321. The zero-order valence-electron chi connectivity index (χ0n) is 8.20. The van der Waals surface area contributed by atoms with Crippen LogP contribution in [0.5, 0.6) is 0 Å². The van der Waals surface area contributed by atoms with Gasteiger partial charge in [-0.3, -0.25) is 4.79 Å². The van der Waals surface area contributed by atoms with E-state index in [0.717, 1.165) is 12.8 Å². The topological polar surface area (TPSA) is 43.1 Å². The van der Waals surface area contributed by atoms with E-state index in [9.17, 15) is 4.79 Å². The van der Waals surface area contributed by atoms with Crippen molar-refractivity contribution >= 4 is 5.78 Å². The van der Waals surface area contributed by atoms with Crippen molar-refractivity contribution in [3.05, 3.63) is 35.4 Å². The van der Waals surface area contributed by atoms with Gasteiger partial charge in [0, 0.05) is 6.42 Å². The third kappa shape index (κ3) is 1.85. The molecule has 0 radical (unpaired) electrons. The predicted octanol–water partition coefficient (Wildman–Crippen LogP) is 1.32. The number of fused-ring (bicyclic) bond motifs is 1. The zero-order valence-corrected chi connectivity index (χ0v) is 8.20. The molecule has 0 unspecified atom stereocenters. The summed E-state index contributed by atoms with van der Waals surface area (Å²) in [5.74, 6) is 0.672. The van der Waals surface area contributed by atoms with Crippen LogP contribution in [0.3, 0.4) is 0 Å². The Balaban J connectivity index is 2.01. The highest BCUT2D eigenvalue weighted by atomic mass is 16.1. The molecular weight excluding hydrogens is 174 g/mol. The second-order valence-electron chi connectivity index (χ2n) is 3.99. The quantitative estimate of drug-likeness (QED) is 0.779. The Morgan fingerprint density at radius 3 is 2.36 bits per heavy atom. The summed E-state index contributed by atoms with van der Waals surface area (Å²) in [5.41, 5.74) is 8.12. The number of rotatable bonds is 3. The van der Waals surface area contributed by atoms with Gasteiger partial charge >= 0.3 is 0 Å². The van der Waals surface area contributed by atoms with Crippen molar-refractivity contribution in [2.75, 3.05) is 6.54 Å². The van der Waals surface area contributed by atoms with Crippen LogP contribution in [0.4, 0.5) is 0 Å². The Kier molecular flexibility index (Phi) is 2.64. The van der Waals surface area contributed by atoms with Crippen molar-refractivity contribution < 1.29 is 4.79 Å². The number of nitrogens with two attached hydrogens (primary N) is 1. The maximum atomic E-state index is 11.2. The fourth-order valence-electron chi connectivity index (χ4n) is 2.20. The molecule has 0 spiro atoms. The second-order valence-corrected chi connectivity index (χ2v) is 3.99. The molecule has 0 heterocycles. The van der Waals surface area contributed by atoms with E-state index in [4.69, 9.17) is 5.73 Å². The van der Waals surface area contributed by atoms with Gasteiger partial charge in [0.25, 0.3) is 0 Å². The van der Waals surface area contributed by atoms with Gasteiger partial charge in [0.05, 0.1) is 6.54 Å². The van der Waals surface area contributed by atoms with Crippen molar-refractivity contribution in [2.45, 2.75) is 19.3 Å². The summed E-state index contributed by atoms with van der Waals surface area (Å²) in [6.45, 7) is 0.187. The van der Waals surface area contributed by atoms with Gasteiger partial charge in [0.15, 0.2) is 0 Å². The first-order valence-corrected chi connectivity index (χ1v) is 5.08. The summed E-state index contributed by atoms with van der Waals surface area (Å²) in [5, 5.41) is 0. The van der Waals surface area contributed by atoms with Gasteiger partial charge in [-0.05, 0) is 29.9 Å². The molecule has 2 heteroatoms. The minimum absolute atomic E-state index is 0.183. The van der Waals surface area contributed by atoms with Crippen LogP contribution in [-0.4, -0.2) is 12.3 Å². The lowest BCUT2D eigenvalue weighted by Gasteiger charge is -2.05. The van der Waals surface area contributed by atoms with Gasteiger partial charge in [-0.25, -0.2) is 0 Å². The molecule has 2 rings (SSSR count). The maximum Gasteiger partial charge on any atom is 0.146 e. The summed E-state index contributed by atoms with van der Waals surface area (Å²) in [4.78, 5) is 11.2. The summed E-state index contributed by atoms with van der Waals surface area (Å²) in [7, 11) is 0. The van der Waals surface area contributed by atoms with E-state index < -0.39 is 0 Å². The van der Waals surface area contributed by atoms with E-state index in [0.29, 0.717) is 12.3 Å². The monoisotopic (exact) mass is 189 g/mol. The highest BCUT2D eigenvalue weighted by Gasteiger charge is 2.22. The molecule has 0 amide bonds. The lowest BCUT2D eigenvalue weighted by atomic mass is 9.99. The number of carbonyl (C=O) groups is 1. The van der Waals surface area contributed by atoms with Crippen molar-refractivity contribution in [3.63, 3.8) is 0 Å². The van der Waals surface area contributed by atoms with Crippen LogP contribution in [0.25, 0.3) is 0 Å². The van der Waals surface area contributed by atoms with E-state index in [-0.39, 0.29) is 12.3 Å². The molecule has 1 aromatic rings. The Morgan fingerprint density at radius 2 is 1.86 bits per heavy atom. The Morgan fingerprint density at radius 1 is 1.29 bits per heavy atom. The molecule has 2 N–H and O–H groups in total. The molecule has 2 nitrogen and oxygen atoms in total. The van der Waals surface area contributed by atoms with Crippen LogP contribution >= 0.6 is 0 Å². The van der Waals surface area contributed by atoms with Crippen LogP contribution in [-0.2, 0) is 17.6 Å². The average molecular weight is 189 g/mol. The Labute approximate surface area is 84.1 Å². The van der Waals surface area contributed by atoms with E-state index in [2.05, 4.69) is 24.3 Å². The highest BCUT2D eigenvalue weighted by Crippen LogP contribution is 2.28. The highest BCUT2D eigenvalue weighted by molar-refractivity contribution is 5.80. The molecule has 14 heavy (non-hydrogen) atoms. The van der Waals surface area contributed by atoms with Crippen LogP contribution in [0.2, 0.25) is 0 Å². The summed E-state index contributed by atoms with van der Waals surface area (Å²) in [6.07, 6.45) is 2.73. The van der Waals surface area contributed by atoms with Crippen LogP contribution in [0.15, 0.2) is 24.3 Å². The van der Waals surface area contributed by atoms with Gasteiger partial charge in [0.1, 0.15) is 5.78 Å². The van der Waals surface area contributed by atoms with Gasteiger partial charge < -0.3 is 5.73 Å². The van der Waals surface area contributed by atoms with Gasteiger partial charge in [-0.2, -0.15) is 0 Å². The molecule has 0 bridgehead atoms. The van der Waals surface area contributed by atoms with E-state index in [1.807, 2.05) is 0 Å². The number of Topliss-reactive ketones (excluding diaryl/α,β-unsaturated/α-hetero) is 1. The van der Waals surface area contributed by atoms with Crippen molar-refractivity contribution in [1.29, 1.82) is 0 Å². The lowest BCUT2D eigenvalue weighted by molar-refractivity contribution is -0.118. The fraction of sp³-hybridized carbons (Fsp3) is 0.417. The SMILES string of the molecule is NCC(=O)CC1Cc2ccccc2C1. The zero-order chi connectivity index (χ0) is 9.97. The van der Waals surface area contributed by atoms with Crippen molar-refractivity contribution in [2.24, 2.45) is 11.7 Å². The van der Waals surface area contributed by atoms with Crippen LogP contribution < -0.4 is 5.73 Å². The molecule has 1 aliphatic carbocycles. The third-order valence-corrected chi connectivity index (χ3v) is 2.88. The van der Waals surface area contributed by atoms with Crippen LogP contribution in [0.1, 0.15) is 17.5 Å². The maximum absolute atomic E-state index is 11.2. The molecule has 0 fully saturated rings. The molecule has 0 saturated carbocycles. The minimum Gasteiger partial charge on any atom is -0.324 e. The van der Waals surface area contributed by atoms with Crippen molar-refractivity contribution in [1.82, 2.24) is 0 Å². The smallest absolute Gasteiger partial charge is 0.146 e. The molecule has 0 atom stereocenters. The lowest BCUT2D eigenvalue weighted by Crippen LogP contribution is -2.17. The standard InChI is InChI=1S/C12H15NO/c13-8-12(14)7-9-5-10-3-1-2-4-11(10)6-9/h1-4,9H,5-8,13H2. The normalized spacial score (nSPS) is 15.5. The number of hydrogen-bond donors (Lipinski definition) is 1. The molecule has 0 aromatic heterocycles. The van der Waals surface area contributed by atoms with Crippen LogP contribution in [0, 0.1) is 5.92 Å². The minimum atomic E-state index is 0.183. The fourth-order valence-corrected chi connectivity index (χ4v) is 2.20. The molecule has 1 aromatic carbocycles. The largest absolute Gasteiger partial charge is 0.324 e. The van der Waals surface area contributed by atoms with Gasteiger partial charge in [0.2, 0.25) is 0 Å². The van der Waals surface area contributed by atoms with Crippen molar-refractivity contribution in [3.8, 4) is 0 Å². The number of hydrogen-bond acceptors (Lipinski definition) is 2. The van der Waals surface area contributed by atoms with Gasteiger partial charge in [-0.15, -0.1) is 0 Å². The number of benzene rings is 1. The molecule has 0 aliphatic heterocycles. The first-order valence-electron chi connectivity index (χ1n) is 5.08. The Hall–Kier alpha value is -1.15. The second kappa shape index (κ2) is 3.93. The van der Waals surface area contributed by atoms with E-state index in [1.165, 1.54) is 11.1 Å². The first kappa shape index (κ1) is 9.41. The summed E-state index contributed by atoms with van der Waals surface area (Å²) >= 11 is 0. The molecule has 0 saturated heterocycles. The van der Waals surface area contributed by atoms with Gasteiger partial charge in [-0.1, -0.05) is 24.3 Å². The average Bonchev–Trinajstić information content (AvgIpc) is 2.59. The summed E-state index contributed by atoms with van der Waals surface area (Å²) < 4.78 is 0. The molecular formula is C12H15NO. The number of carbonyl (C=O) groups excluding carboxylic acids is 1. The van der Waals surface area contributed by atoms with E-state index >= 15 is 0 Å². The first-order chi connectivity index (χ1) is 6.79. The molecule has 1 aliphatic rings. The predicted molar refractivity (Wildman–Crippen MR) is 56.0 cm³/mol.